The molecule has 2 N–H and O–H groups in total. The molecule has 0 saturated carbocycles. The van der Waals surface area contributed by atoms with Crippen molar-refractivity contribution in [3.63, 3.8) is 0 Å². The third-order valence-corrected chi connectivity index (χ3v) is 3.91. The molecule has 1 aromatic carbocycles. The van der Waals surface area contributed by atoms with Crippen LogP contribution in [0.5, 0.6) is 5.75 Å². The van der Waals surface area contributed by atoms with Crippen LogP contribution >= 0.6 is 24.0 Å². The van der Waals surface area contributed by atoms with Crippen LogP contribution in [0.3, 0.4) is 0 Å². The van der Waals surface area contributed by atoms with E-state index in [0.717, 1.165) is 37.8 Å². The lowest BCUT2D eigenvalue weighted by molar-refractivity contribution is 0.317. The van der Waals surface area contributed by atoms with Gasteiger partial charge in [0.15, 0.2) is 5.96 Å². The molecular weight excluding hydrogens is 453 g/mol. The SMILES string of the molecule is CCNC(=NCCCn1cccn1)NCCOc1ccccc1C(C)C.I. The number of para-hydroxylation sites is 1. The molecule has 1 heterocycles. The number of aryl methyl sites for hydroxylation is 1. The number of hydrogen-bond acceptors (Lipinski definition) is 3. The molecule has 150 valence electrons. The summed E-state index contributed by atoms with van der Waals surface area (Å²) in [5.41, 5.74) is 1.24. The number of benzene rings is 1. The van der Waals surface area contributed by atoms with Gasteiger partial charge in [-0.2, -0.15) is 5.10 Å². The molecule has 6 nitrogen and oxygen atoms in total. The van der Waals surface area contributed by atoms with E-state index in [4.69, 9.17) is 4.74 Å². The molecule has 2 aromatic rings. The Balaban J connectivity index is 0.00000364. The fraction of sp³-hybridized carbons (Fsp3) is 0.500. The van der Waals surface area contributed by atoms with Crippen molar-refractivity contribution in [2.75, 3.05) is 26.2 Å². The molecule has 2 rings (SSSR count). The predicted molar refractivity (Wildman–Crippen MR) is 122 cm³/mol. The van der Waals surface area contributed by atoms with Crippen molar-refractivity contribution in [1.29, 1.82) is 0 Å². The number of nitrogens with one attached hydrogen (secondary N) is 2. The van der Waals surface area contributed by atoms with Crippen molar-refractivity contribution in [1.82, 2.24) is 20.4 Å². The first-order chi connectivity index (χ1) is 12.7. The third-order valence-electron chi connectivity index (χ3n) is 3.91. The van der Waals surface area contributed by atoms with Crippen LogP contribution in [0.25, 0.3) is 0 Å². The number of aliphatic imine (C=N–C) groups is 1. The van der Waals surface area contributed by atoms with Gasteiger partial charge in [-0.15, -0.1) is 24.0 Å². The average molecular weight is 485 g/mol. The molecule has 0 aliphatic carbocycles. The first-order valence-corrected chi connectivity index (χ1v) is 9.42. The molecule has 0 amide bonds. The van der Waals surface area contributed by atoms with Crippen molar-refractivity contribution in [2.24, 2.45) is 4.99 Å². The topological polar surface area (TPSA) is 63.5 Å². The largest absolute Gasteiger partial charge is 0.491 e. The van der Waals surface area contributed by atoms with Gasteiger partial charge in [-0.1, -0.05) is 32.0 Å². The molecule has 0 spiro atoms. The number of rotatable bonds is 10. The zero-order chi connectivity index (χ0) is 18.6. The van der Waals surface area contributed by atoms with Gasteiger partial charge in [0.1, 0.15) is 12.4 Å². The van der Waals surface area contributed by atoms with Crippen LogP contribution in [0.15, 0.2) is 47.7 Å². The van der Waals surface area contributed by atoms with E-state index in [2.05, 4.69) is 53.6 Å². The first-order valence-electron chi connectivity index (χ1n) is 9.42. The Kier molecular flexibility index (Phi) is 11.6. The lowest BCUT2D eigenvalue weighted by atomic mass is 10.0. The molecule has 0 saturated heterocycles. The van der Waals surface area contributed by atoms with Gasteiger partial charge in [-0.05, 0) is 37.0 Å². The summed E-state index contributed by atoms with van der Waals surface area (Å²) >= 11 is 0. The molecular formula is C20H32IN5O. The van der Waals surface area contributed by atoms with Gasteiger partial charge in [0, 0.05) is 32.0 Å². The van der Waals surface area contributed by atoms with Gasteiger partial charge in [0.2, 0.25) is 0 Å². The van der Waals surface area contributed by atoms with E-state index in [1.807, 2.05) is 29.1 Å². The van der Waals surface area contributed by atoms with E-state index in [9.17, 15) is 0 Å². The van der Waals surface area contributed by atoms with Crippen LogP contribution < -0.4 is 15.4 Å². The standard InChI is InChI=1S/C20H31N5O.HI/c1-4-21-20(22-11-7-14-25-15-8-12-24-25)23-13-16-26-19-10-6-5-9-18(19)17(2)3;/h5-6,8-10,12,15,17H,4,7,11,13-14,16H2,1-3H3,(H2,21,22,23);1H. The van der Waals surface area contributed by atoms with E-state index in [-0.39, 0.29) is 24.0 Å². The normalized spacial score (nSPS) is 11.2. The van der Waals surface area contributed by atoms with Crippen molar-refractivity contribution < 1.29 is 4.74 Å². The molecule has 0 aliphatic heterocycles. The van der Waals surface area contributed by atoms with E-state index >= 15 is 0 Å². The molecule has 0 atom stereocenters. The summed E-state index contributed by atoms with van der Waals surface area (Å²) in [6.45, 7) is 10.2. The summed E-state index contributed by atoms with van der Waals surface area (Å²) < 4.78 is 7.87. The Morgan fingerprint density at radius 3 is 2.74 bits per heavy atom. The van der Waals surface area contributed by atoms with Gasteiger partial charge in [0.05, 0.1) is 6.54 Å². The van der Waals surface area contributed by atoms with Crippen molar-refractivity contribution in [3.8, 4) is 5.75 Å². The van der Waals surface area contributed by atoms with Crippen molar-refractivity contribution >= 4 is 29.9 Å². The molecule has 1 aromatic heterocycles. The molecule has 0 aliphatic rings. The minimum Gasteiger partial charge on any atom is -0.491 e. The van der Waals surface area contributed by atoms with Gasteiger partial charge in [-0.25, -0.2) is 0 Å². The number of hydrogen-bond donors (Lipinski definition) is 2. The number of halogens is 1. The summed E-state index contributed by atoms with van der Waals surface area (Å²) in [6, 6.07) is 10.2. The molecule has 0 fully saturated rings. The summed E-state index contributed by atoms with van der Waals surface area (Å²) in [7, 11) is 0. The summed E-state index contributed by atoms with van der Waals surface area (Å²) in [6.07, 6.45) is 4.72. The zero-order valence-corrected chi connectivity index (χ0v) is 18.8. The fourth-order valence-electron chi connectivity index (χ4n) is 2.62. The first kappa shape index (κ1) is 23.3. The number of ether oxygens (including phenoxy) is 1. The Morgan fingerprint density at radius 1 is 1.22 bits per heavy atom. The molecule has 7 heteroatoms. The highest BCUT2D eigenvalue weighted by atomic mass is 127. The van der Waals surface area contributed by atoms with Crippen LogP contribution in [0.2, 0.25) is 0 Å². The monoisotopic (exact) mass is 485 g/mol. The number of nitrogens with zero attached hydrogens (tertiary/aromatic N) is 3. The van der Waals surface area contributed by atoms with Gasteiger partial charge in [-0.3, -0.25) is 9.67 Å². The van der Waals surface area contributed by atoms with Gasteiger partial charge < -0.3 is 15.4 Å². The highest BCUT2D eigenvalue weighted by Crippen LogP contribution is 2.25. The zero-order valence-electron chi connectivity index (χ0n) is 16.5. The van der Waals surface area contributed by atoms with Gasteiger partial charge >= 0.3 is 0 Å². The van der Waals surface area contributed by atoms with E-state index < -0.39 is 0 Å². The van der Waals surface area contributed by atoms with Crippen molar-refractivity contribution in [3.05, 3.63) is 48.3 Å². The highest BCUT2D eigenvalue weighted by molar-refractivity contribution is 14.0. The van der Waals surface area contributed by atoms with E-state index in [0.29, 0.717) is 19.1 Å². The van der Waals surface area contributed by atoms with Crippen LogP contribution in [0, 0.1) is 0 Å². The van der Waals surface area contributed by atoms with Crippen LogP contribution in [0.4, 0.5) is 0 Å². The highest BCUT2D eigenvalue weighted by Gasteiger charge is 2.06. The molecule has 0 radical (unpaired) electrons. The second-order valence-corrected chi connectivity index (χ2v) is 6.35. The Hall–Kier alpha value is -1.77. The molecule has 0 bridgehead atoms. The smallest absolute Gasteiger partial charge is 0.191 e. The van der Waals surface area contributed by atoms with Crippen molar-refractivity contribution in [2.45, 2.75) is 39.7 Å². The third kappa shape index (κ3) is 8.64. The van der Waals surface area contributed by atoms with Crippen LogP contribution in [-0.2, 0) is 6.54 Å². The maximum absolute atomic E-state index is 5.94. The van der Waals surface area contributed by atoms with E-state index in [1.165, 1.54) is 5.56 Å². The predicted octanol–water partition coefficient (Wildman–Crippen LogP) is 3.65. The Labute approximate surface area is 179 Å². The quantitative estimate of drug-likeness (QED) is 0.234. The average Bonchev–Trinajstić information content (AvgIpc) is 3.16. The lowest BCUT2D eigenvalue weighted by Gasteiger charge is -2.15. The summed E-state index contributed by atoms with van der Waals surface area (Å²) in [4.78, 5) is 4.60. The number of guanidine groups is 1. The molecule has 27 heavy (non-hydrogen) atoms. The van der Waals surface area contributed by atoms with Crippen LogP contribution in [0.1, 0.15) is 38.7 Å². The fourth-order valence-corrected chi connectivity index (χ4v) is 2.62. The summed E-state index contributed by atoms with van der Waals surface area (Å²) in [5.74, 6) is 2.24. The maximum atomic E-state index is 5.94. The molecule has 0 unspecified atom stereocenters. The Bertz CT molecular complexity index is 658. The van der Waals surface area contributed by atoms with E-state index in [1.54, 1.807) is 6.20 Å². The second-order valence-electron chi connectivity index (χ2n) is 6.35. The minimum atomic E-state index is 0. The lowest BCUT2D eigenvalue weighted by Crippen LogP contribution is -2.39. The maximum Gasteiger partial charge on any atom is 0.191 e. The Morgan fingerprint density at radius 2 is 2.04 bits per heavy atom. The van der Waals surface area contributed by atoms with Gasteiger partial charge in [0.25, 0.3) is 0 Å². The summed E-state index contributed by atoms with van der Waals surface area (Å²) in [5, 5.41) is 10.8. The van der Waals surface area contributed by atoms with Crippen LogP contribution in [-0.4, -0.2) is 42.0 Å². The second kappa shape index (κ2) is 13.4. The number of aromatic nitrogens is 2. The minimum absolute atomic E-state index is 0.